The quantitative estimate of drug-likeness (QED) is 0.726. The molecule has 7 heteroatoms. The maximum absolute atomic E-state index is 13.5. The van der Waals surface area contributed by atoms with E-state index in [1.165, 1.54) is 4.31 Å². The Morgan fingerprint density at radius 1 is 1.07 bits per heavy atom. The number of amides is 1. The van der Waals surface area contributed by atoms with E-state index in [2.05, 4.69) is 11.8 Å². The van der Waals surface area contributed by atoms with Crippen molar-refractivity contribution in [2.24, 2.45) is 0 Å². The lowest BCUT2D eigenvalue weighted by Crippen LogP contribution is -2.42. The number of hydrogen-bond donors (Lipinski definition) is 0. The van der Waals surface area contributed by atoms with Gasteiger partial charge in [0.2, 0.25) is 10.0 Å². The highest BCUT2D eigenvalue weighted by Gasteiger charge is 2.30. The molecule has 0 spiro atoms. The molecular weight excluding hydrogens is 374 g/mol. The van der Waals surface area contributed by atoms with Crippen molar-refractivity contribution in [3.63, 3.8) is 0 Å². The Hall–Kier alpha value is -1.60. The van der Waals surface area contributed by atoms with Crippen molar-refractivity contribution in [3.05, 3.63) is 23.8 Å². The molecule has 1 aromatic rings. The van der Waals surface area contributed by atoms with E-state index in [-0.39, 0.29) is 16.8 Å². The van der Waals surface area contributed by atoms with Crippen LogP contribution in [0, 0.1) is 0 Å². The Labute approximate surface area is 169 Å². The van der Waals surface area contributed by atoms with E-state index < -0.39 is 10.0 Å². The number of hydrogen-bond acceptors (Lipinski definition) is 4. The van der Waals surface area contributed by atoms with Gasteiger partial charge in [0, 0.05) is 44.5 Å². The van der Waals surface area contributed by atoms with Crippen molar-refractivity contribution < 1.29 is 13.2 Å². The van der Waals surface area contributed by atoms with Crippen molar-refractivity contribution in [1.82, 2.24) is 9.21 Å². The minimum absolute atomic E-state index is 0.0364. The van der Waals surface area contributed by atoms with Gasteiger partial charge in [0.15, 0.2) is 0 Å². The van der Waals surface area contributed by atoms with Crippen LogP contribution in [0.25, 0.3) is 0 Å². The molecule has 0 bridgehead atoms. The molecule has 2 aliphatic rings. The van der Waals surface area contributed by atoms with Crippen molar-refractivity contribution in [2.75, 3.05) is 37.6 Å². The third kappa shape index (κ3) is 4.06. The molecule has 1 aromatic carbocycles. The lowest BCUT2D eigenvalue weighted by Gasteiger charge is -2.34. The summed E-state index contributed by atoms with van der Waals surface area (Å²) in [4.78, 5) is 17.8. The Balaban J connectivity index is 2.04. The second kappa shape index (κ2) is 8.82. The van der Waals surface area contributed by atoms with Gasteiger partial charge in [0.05, 0.1) is 10.5 Å². The number of sulfonamides is 1. The molecule has 2 saturated heterocycles. The average molecular weight is 408 g/mol. The van der Waals surface area contributed by atoms with Crippen LogP contribution in [-0.2, 0) is 10.0 Å². The lowest BCUT2D eigenvalue weighted by atomic mass is 10.0. The van der Waals surface area contributed by atoms with Crippen LogP contribution in [0.5, 0.6) is 0 Å². The molecule has 1 unspecified atom stereocenters. The summed E-state index contributed by atoms with van der Waals surface area (Å²) in [7, 11) is -3.60. The summed E-state index contributed by atoms with van der Waals surface area (Å²) in [5.41, 5.74) is 1.41. The molecule has 0 aromatic heterocycles. The van der Waals surface area contributed by atoms with Gasteiger partial charge >= 0.3 is 0 Å². The molecule has 2 aliphatic heterocycles. The van der Waals surface area contributed by atoms with E-state index in [1.54, 1.807) is 12.1 Å². The van der Waals surface area contributed by atoms with Crippen molar-refractivity contribution in [1.29, 1.82) is 0 Å². The van der Waals surface area contributed by atoms with Gasteiger partial charge in [0.25, 0.3) is 5.91 Å². The maximum atomic E-state index is 13.5. The van der Waals surface area contributed by atoms with Gasteiger partial charge in [-0.2, -0.15) is 4.31 Å². The molecule has 2 fully saturated rings. The zero-order chi connectivity index (χ0) is 20.3. The van der Waals surface area contributed by atoms with Crippen LogP contribution in [-0.4, -0.2) is 62.3 Å². The second-order valence-electron chi connectivity index (χ2n) is 7.81. The molecule has 1 atom stereocenters. The molecule has 1 amide bonds. The first-order valence-corrected chi connectivity index (χ1v) is 12.0. The van der Waals surface area contributed by atoms with E-state index in [1.807, 2.05) is 24.8 Å². The van der Waals surface area contributed by atoms with Crippen molar-refractivity contribution in [2.45, 2.75) is 63.8 Å². The largest absolute Gasteiger partial charge is 0.371 e. The Bertz CT molecular complexity index is 799. The zero-order valence-electron chi connectivity index (χ0n) is 17.4. The third-order valence-corrected chi connectivity index (χ3v) is 8.10. The fraction of sp³-hybridized carbons (Fsp3) is 0.667. The number of carbonyl (C=O) groups excluding carboxylic acids is 1. The fourth-order valence-electron chi connectivity index (χ4n) is 4.35. The summed E-state index contributed by atoms with van der Waals surface area (Å²) < 4.78 is 27.5. The van der Waals surface area contributed by atoms with Crippen molar-refractivity contribution >= 4 is 21.6 Å². The van der Waals surface area contributed by atoms with Gasteiger partial charge in [-0.15, -0.1) is 0 Å². The number of anilines is 1. The number of carbonyl (C=O) groups is 1. The third-order valence-electron chi connectivity index (χ3n) is 6.05. The summed E-state index contributed by atoms with van der Waals surface area (Å²) in [6, 6.07) is 5.31. The van der Waals surface area contributed by atoms with Crippen LogP contribution in [0.4, 0.5) is 5.69 Å². The lowest BCUT2D eigenvalue weighted by molar-refractivity contribution is 0.0636. The number of likely N-dealkylation sites (tertiary alicyclic amines) is 1. The average Bonchev–Trinajstić information content (AvgIpc) is 3.23. The highest BCUT2D eigenvalue weighted by atomic mass is 32.2. The maximum Gasteiger partial charge on any atom is 0.256 e. The van der Waals surface area contributed by atoms with Gasteiger partial charge in [-0.1, -0.05) is 13.8 Å². The molecule has 6 nitrogen and oxygen atoms in total. The molecule has 28 heavy (non-hydrogen) atoms. The fourth-order valence-corrected chi connectivity index (χ4v) is 5.83. The molecule has 3 rings (SSSR count). The summed E-state index contributed by atoms with van der Waals surface area (Å²) in [5.74, 6) is -0.0364. The standard InChI is InChI=1S/C21H33N3O3S/c1-4-23(5-2)28(26,27)18-11-12-20(22-13-8-9-14-22)19(16-18)21(25)24-15-7-6-10-17(24)3/h11-12,16-17H,4-10,13-15H2,1-3H3. The molecule has 0 aliphatic carbocycles. The van der Waals surface area contributed by atoms with Gasteiger partial charge < -0.3 is 9.80 Å². The first-order chi connectivity index (χ1) is 13.4. The topological polar surface area (TPSA) is 60.9 Å². The van der Waals surface area contributed by atoms with Crippen LogP contribution >= 0.6 is 0 Å². The van der Waals surface area contributed by atoms with E-state index in [0.717, 1.165) is 57.4 Å². The van der Waals surface area contributed by atoms with E-state index >= 15 is 0 Å². The second-order valence-corrected chi connectivity index (χ2v) is 9.74. The summed E-state index contributed by atoms with van der Waals surface area (Å²) >= 11 is 0. The monoisotopic (exact) mass is 407 g/mol. The first-order valence-electron chi connectivity index (χ1n) is 10.6. The van der Waals surface area contributed by atoms with Crippen LogP contribution in [0.15, 0.2) is 23.1 Å². The van der Waals surface area contributed by atoms with Gasteiger partial charge in [0.1, 0.15) is 0 Å². The number of piperidine rings is 1. The molecule has 156 valence electrons. The smallest absolute Gasteiger partial charge is 0.256 e. The molecular formula is C21H33N3O3S. The highest BCUT2D eigenvalue weighted by molar-refractivity contribution is 7.89. The van der Waals surface area contributed by atoms with Crippen LogP contribution in [0.3, 0.4) is 0 Å². The van der Waals surface area contributed by atoms with Gasteiger partial charge in [-0.3, -0.25) is 4.79 Å². The van der Waals surface area contributed by atoms with Crippen LogP contribution in [0.1, 0.15) is 63.2 Å². The molecule has 0 radical (unpaired) electrons. The normalized spacial score (nSPS) is 20.8. The van der Waals surface area contributed by atoms with Crippen LogP contribution < -0.4 is 4.90 Å². The summed E-state index contributed by atoms with van der Waals surface area (Å²) in [6.07, 6.45) is 5.36. The predicted molar refractivity (Wildman–Crippen MR) is 112 cm³/mol. The Morgan fingerprint density at radius 3 is 2.32 bits per heavy atom. The predicted octanol–water partition coefficient (Wildman–Crippen LogP) is 3.33. The zero-order valence-corrected chi connectivity index (χ0v) is 18.2. The summed E-state index contributed by atoms with van der Waals surface area (Å²) in [6.45, 7) is 9.16. The number of rotatable bonds is 6. The van der Waals surface area contributed by atoms with E-state index in [0.29, 0.717) is 18.7 Å². The van der Waals surface area contributed by atoms with Gasteiger partial charge in [-0.25, -0.2) is 8.42 Å². The Morgan fingerprint density at radius 2 is 1.71 bits per heavy atom. The Kier molecular flexibility index (Phi) is 6.65. The molecule has 2 heterocycles. The first kappa shape index (κ1) is 21.1. The highest BCUT2D eigenvalue weighted by Crippen LogP contribution is 2.31. The van der Waals surface area contributed by atoms with E-state index in [9.17, 15) is 13.2 Å². The minimum Gasteiger partial charge on any atom is -0.371 e. The molecule has 0 saturated carbocycles. The summed E-state index contributed by atoms with van der Waals surface area (Å²) in [5, 5.41) is 0. The van der Waals surface area contributed by atoms with Gasteiger partial charge in [-0.05, 0) is 57.2 Å². The molecule has 0 N–H and O–H groups in total. The number of benzene rings is 1. The van der Waals surface area contributed by atoms with E-state index in [4.69, 9.17) is 0 Å². The van der Waals surface area contributed by atoms with Crippen molar-refractivity contribution in [3.8, 4) is 0 Å². The minimum atomic E-state index is -3.60. The SMILES string of the molecule is CCN(CC)S(=O)(=O)c1ccc(N2CCCC2)c(C(=O)N2CCCCC2C)c1. The number of nitrogens with zero attached hydrogens (tertiary/aromatic N) is 3. The van der Waals surface area contributed by atoms with Crippen LogP contribution in [0.2, 0.25) is 0 Å².